The maximum Gasteiger partial charge on any atom is 0.0166 e. The molecule has 2 fully saturated rings. The average molecular weight is 210 g/mol. The molecule has 88 valence electrons. The highest BCUT2D eigenvalue weighted by molar-refractivity contribution is 4.98. The minimum Gasteiger partial charge on any atom is -0.325 e. The fourth-order valence-electron chi connectivity index (χ4n) is 2.67. The lowest BCUT2D eigenvalue weighted by Crippen LogP contribution is -2.48. The fourth-order valence-corrected chi connectivity index (χ4v) is 2.67. The Morgan fingerprint density at radius 3 is 2.27 bits per heavy atom. The lowest BCUT2D eigenvalue weighted by Gasteiger charge is -2.38. The maximum absolute atomic E-state index is 6.19. The van der Waals surface area contributed by atoms with Crippen molar-refractivity contribution in [2.75, 3.05) is 13.1 Å². The number of hydrogen-bond donors (Lipinski definition) is 2. The van der Waals surface area contributed by atoms with E-state index in [9.17, 15) is 0 Å². The summed E-state index contributed by atoms with van der Waals surface area (Å²) in [6, 6.07) is 0. The van der Waals surface area contributed by atoms with Crippen LogP contribution in [-0.4, -0.2) is 18.6 Å². The van der Waals surface area contributed by atoms with Crippen LogP contribution in [0, 0.1) is 11.3 Å². The Balaban J connectivity index is 1.59. The van der Waals surface area contributed by atoms with Crippen molar-refractivity contribution in [3.8, 4) is 0 Å². The Morgan fingerprint density at radius 2 is 1.87 bits per heavy atom. The minimum absolute atomic E-state index is 0.196. The van der Waals surface area contributed by atoms with E-state index in [1.54, 1.807) is 0 Å². The predicted molar refractivity (Wildman–Crippen MR) is 64.8 cm³/mol. The summed E-state index contributed by atoms with van der Waals surface area (Å²) in [5.74, 6) is 0.834. The van der Waals surface area contributed by atoms with Crippen LogP contribution in [0.3, 0.4) is 0 Å². The summed E-state index contributed by atoms with van der Waals surface area (Å²) in [4.78, 5) is 0. The SMILES string of the molecule is CC(C)C1(CNCCC2(N)CCC2)CC1. The maximum atomic E-state index is 6.19. The van der Waals surface area contributed by atoms with Crippen molar-refractivity contribution in [2.45, 2.75) is 57.9 Å². The summed E-state index contributed by atoms with van der Waals surface area (Å²) in [6.45, 7) is 7.03. The topological polar surface area (TPSA) is 38.0 Å². The molecule has 0 aromatic heterocycles. The van der Waals surface area contributed by atoms with Crippen LogP contribution in [0.5, 0.6) is 0 Å². The molecule has 0 atom stereocenters. The zero-order valence-corrected chi connectivity index (χ0v) is 10.3. The van der Waals surface area contributed by atoms with Gasteiger partial charge in [0.1, 0.15) is 0 Å². The van der Waals surface area contributed by atoms with E-state index >= 15 is 0 Å². The van der Waals surface area contributed by atoms with Gasteiger partial charge in [-0.05, 0) is 56.4 Å². The molecule has 0 heterocycles. The van der Waals surface area contributed by atoms with Gasteiger partial charge < -0.3 is 11.1 Å². The lowest BCUT2D eigenvalue weighted by atomic mass is 9.75. The highest BCUT2D eigenvalue weighted by Gasteiger charge is 2.44. The normalized spacial score (nSPS) is 26.4. The van der Waals surface area contributed by atoms with Gasteiger partial charge in [-0.15, -0.1) is 0 Å². The van der Waals surface area contributed by atoms with E-state index in [1.807, 2.05) is 0 Å². The molecule has 0 aliphatic heterocycles. The van der Waals surface area contributed by atoms with E-state index in [2.05, 4.69) is 19.2 Å². The fraction of sp³-hybridized carbons (Fsp3) is 1.00. The lowest BCUT2D eigenvalue weighted by molar-refractivity contribution is 0.225. The third-order valence-corrected chi connectivity index (χ3v) is 4.74. The third kappa shape index (κ3) is 2.54. The molecule has 0 aromatic rings. The largest absolute Gasteiger partial charge is 0.325 e. The second kappa shape index (κ2) is 4.06. The molecule has 2 rings (SSSR count). The molecule has 0 bridgehead atoms. The molecule has 0 spiro atoms. The van der Waals surface area contributed by atoms with E-state index in [4.69, 9.17) is 5.73 Å². The van der Waals surface area contributed by atoms with Gasteiger partial charge in [-0.25, -0.2) is 0 Å². The van der Waals surface area contributed by atoms with E-state index in [0.717, 1.165) is 12.5 Å². The predicted octanol–water partition coefficient (Wildman–Crippen LogP) is 2.28. The Morgan fingerprint density at radius 1 is 1.20 bits per heavy atom. The summed E-state index contributed by atoms with van der Waals surface area (Å²) in [5, 5.41) is 3.61. The molecule has 0 aromatic carbocycles. The smallest absolute Gasteiger partial charge is 0.0166 e. The van der Waals surface area contributed by atoms with Crippen molar-refractivity contribution in [1.82, 2.24) is 5.32 Å². The second-order valence-electron chi connectivity index (χ2n) is 6.16. The Hall–Kier alpha value is -0.0800. The first kappa shape index (κ1) is 11.4. The Labute approximate surface area is 94.0 Å². The summed E-state index contributed by atoms with van der Waals surface area (Å²) in [5.41, 5.74) is 7.02. The van der Waals surface area contributed by atoms with Crippen LogP contribution in [0.15, 0.2) is 0 Å². The first-order chi connectivity index (χ1) is 7.06. The Bertz CT molecular complexity index is 215. The van der Waals surface area contributed by atoms with Gasteiger partial charge in [-0.2, -0.15) is 0 Å². The van der Waals surface area contributed by atoms with E-state index < -0.39 is 0 Å². The summed E-state index contributed by atoms with van der Waals surface area (Å²) >= 11 is 0. The zero-order valence-electron chi connectivity index (χ0n) is 10.3. The van der Waals surface area contributed by atoms with Gasteiger partial charge >= 0.3 is 0 Å². The van der Waals surface area contributed by atoms with Crippen molar-refractivity contribution in [3.63, 3.8) is 0 Å². The summed E-state index contributed by atoms with van der Waals surface area (Å²) < 4.78 is 0. The summed E-state index contributed by atoms with van der Waals surface area (Å²) in [7, 11) is 0. The molecular weight excluding hydrogens is 184 g/mol. The molecule has 2 heteroatoms. The van der Waals surface area contributed by atoms with Crippen LogP contribution in [-0.2, 0) is 0 Å². The molecule has 3 N–H and O–H groups in total. The average Bonchev–Trinajstić information content (AvgIpc) is 2.90. The second-order valence-corrected chi connectivity index (χ2v) is 6.16. The highest BCUT2D eigenvalue weighted by Crippen LogP contribution is 2.51. The third-order valence-electron chi connectivity index (χ3n) is 4.74. The number of nitrogens with two attached hydrogens (primary N) is 1. The van der Waals surface area contributed by atoms with Gasteiger partial charge in [-0.1, -0.05) is 13.8 Å². The van der Waals surface area contributed by atoms with Gasteiger partial charge in [0, 0.05) is 12.1 Å². The monoisotopic (exact) mass is 210 g/mol. The number of hydrogen-bond acceptors (Lipinski definition) is 2. The van der Waals surface area contributed by atoms with Crippen molar-refractivity contribution >= 4 is 0 Å². The van der Waals surface area contributed by atoms with Crippen molar-refractivity contribution < 1.29 is 0 Å². The molecule has 2 saturated carbocycles. The molecule has 15 heavy (non-hydrogen) atoms. The molecule has 0 radical (unpaired) electrons. The first-order valence-electron chi connectivity index (χ1n) is 6.56. The molecule has 2 aliphatic carbocycles. The van der Waals surface area contributed by atoms with Crippen LogP contribution >= 0.6 is 0 Å². The van der Waals surface area contributed by atoms with Crippen LogP contribution in [0.2, 0.25) is 0 Å². The number of rotatable bonds is 6. The molecule has 2 nitrogen and oxygen atoms in total. The van der Waals surface area contributed by atoms with Crippen molar-refractivity contribution in [2.24, 2.45) is 17.1 Å². The molecular formula is C13H26N2. The van der Waals surface area contributed by atoms with Gasteiger partial charge in [0.05, 0.1) is 0 Å². The van der Waals surface area contributed by atoms with E-state index in [0.29, 0.717) is 5.41 Å². The molecule has 0 amide bonds. The highest BCUT2D eigenvalue weighted by atomic mass is 14.9. The van der Waals surface area contributed by atoms with Gasteiger partial charge in [0.25, 0.3) is 0 Å². The molecule has 0 saturated heterocycles. The van der Waals surface area contributed by atoms with E-state index in [1.165, 1.54) is 45.1 Å². The van der Waals surface area contributed by atoms with E-state index in [-0.39, 0.29) is 5.54 Å². The Kier molecular flexibility index (Phi) is 3.09. The minimum atomic E-state index is 0.196. The number of nitrogens with one attached hydrogen (secondary N) is 1. The van der Waals surface area contributed by atoms with Crippen LogP contribution in [0.1, 0.15) is 52.4 Å². The van der Waals surface area contributed by atoms with Gasteiger partial charge in [0.2, 0.25) is 0 Å². The van der Waals surface area contributed by atoms with Gasteiger partial charge in [-0.3, -0.25) is 0 Å². The van der Waals surface area contributed by atoms with Crippen molar-refractivity contribution in [1.29, 1.82) is 0 Å². The van der Waals surface area contributed by atoms with Crippen LogP contribution < -0.4 is 11.1 Å². The van der Waals surface area contributed by atoms with Crippen molar-refractivity contribution in [3.05, 3.63) is 0 Å². The molecule has 2 aliphatic rings. The quantitative estimate of drug-likeness (QED) is 0.660. The van der Waals surface area contributed by atoms with Crippen LogP contribution in [0.4, 0.5) is 0 Å². The first-order valence-corrected chi connectivity index (χ1v) is 6.56. The molecule has 0 unspecified atom stereocenters. The van der Waals surface area contributed by atoms with Crippen LogP contribution in [0.25, 0.3) is 0 Å². The summed E-state index contributed by atoms with van der Waals surface area (Å²) in [6.07, 6.45) is 7.83. The van der Waals surface area contributed by atoms with Gasteiger partial charge in [0.15, 0.2) is 0 Å². The standard InChI is InChI=1S/C13H26N2/c1-11(2)12(6-7-12)10-15-9-8-13(14)4-3-5-13/h11,15H,3-10,14H2,1-2H3. The zero-order chi connectivity index (χ0) is 10.9.